The van der Waals surface area contributed by atoms with Crippen LogP contribution in [0.5, 0.6) is 0 Å². The molecule has 0 saturated carbocycles. The Balaban J connectivity index is 1.66. The van der Waals surface area contributed by atoms with E-state index in [1.54, 1.807) is 18.2 Å². The van der Waals surface area contributed by atoms with E-state index in [-0.39, 0.29) is 11.8 Å². The third kappa shape index (κ3) is 4.88. The van der Waals surface area contributed by atoms with Gasteiger partial charge >= 0.3 is 6.03 Å². The zero-order valence-electron chi connectivity index (χ0n) is 12.7. The lowest BCUT2D eigenvalue weighted by Crippen LogP contribution is -2.37. The zero-order valence-corrected chi connectivity index (χ0v) is 12.7. The van der Waals surface area contributed by atoms with Crippen LogP contribution in [0.25, 0.3) is 0 Å². The van der Waals surface area contributed by atoms with Crippen molar-refractivity contribution in [3.8, 4) is 0 Å². The van der Waals surface area contributed by atoms with Crippen LogP contribution in [0, 0.1) is 12.7 Å². The Morgan fingerprint density at radius 1 is 0.909 bits per heavy atom. The van der Waals surface area contributed by atoms with Gasteiger partial charge in [-0.1, -0.05) is 42.5 Å². The predicted molar refractivity (Wildman–Crippen MR) is 86.4 cm³/mol. The Hall–Kier alpha value is -2.36. The smallest absolute Gasteiger partial charge is 0.314 e. The number of hydrogen-bond acceptors (Lipinski definition) is 1. The van der Waals surface area contributed by atoms with Gasteiger partial charge < -0.3 is 10.6 Å². The van der Waals surface area contributed by atoms with Crippen LogP contribution in [0.2, 0.25) is 0 Å². The molecule has 0 radical (unpaired) electrons. The molecule has 0 bridgehead atoms. The average Bonchev–Trinajstić information content (AvgIpc) is 2.51. The summed E-state index contributed by atoms with van der Waals surface area (Å²) in [6, 6.07) is 14.5. The Labute approximate surface area is 130 Å². The van der Waals surface area contributed by atoms with Crippen LogP contribution in [0.15, 0.2) is 48.5 Å². The molecule has 2 aromatic rings. The Kier molecular flexibility index (Phi) is 5.95. The van der Waals surface area contributed by atoms with Crippen LogP contribution in [-0.2, 0) is 12.8 Å². The molecular weight excluding hydrogens is 279 g/mol. The van der Waals surface area contributed by atoms with Crippen LogP contribution in [-0.4, -0.2) is 19.1 Å². The first-order chi connectivity index (χ1) is 10.7. The number of carbonyl (C=O) groups is 1. The van der Waals surface area contributed by atoms with Crippen LogP contribution < -0.4 is 10.6 Å². The maximum atomic E-state index is 13.4. The van der Waals surface area contributed by atoms with Gasteiger partial charge in [0.2, 0.25) is 0 Å². The summed E-state index contributed by atoms with van der Waals surface area (Å²) in [5.41, 5.74) is 3.07. The summed E-state index contributed by atoms with van der Waals surface area (Å²) < 4.78 is 13.4. The molecule has 0 aliphatic heterocycles. The number of carbonyl (C=O) groups excluding carboxylic acids is 1. The second kappa shape index (κ2) is 8.17. The summed E-state index contributed by atoms with van der Waals surface area (Å²) in [5, 5.41) is 5.56. The molecule has 0 aliphatic carbocycles. The number of urea groups is 1. The fourth-order valence-corrected chi connectivity index (χ4v) is 2.28. The van der Waals surface area contributed by atoms with Crippen molar-refractivity contribution in [2.45, 2.75) is 19.8 Å². The molecule has 0 heterocycles. The van der Waals surface area contributed by atoms with Gasteiger partial charge in [-0.25, -0.2) is 9.18 Å². The van der Waals surface area contributed by atoms with Gasteiger partial charge in [-0.3, -0.25) is 0 Å². The number of amides is 2. The van der Waals surface area contributed by atoms with E-state index < -0.39 is 0 Å². The molecule has 0 aliphatic rings. The Morgan fingerprint density at radius 2 is 1.45 bits per heavy atom. The molecule has 2 amide bonds. The highest BCUT2D eigenvalue weighted by molar-refractivity contribution is 5.73. The fourth-order valence-electron chi connectivity index (χ4n) is 2.28. The summed E-state index contributed by atoms with van der Waals surface area (Å²) in [7, 11) is 0. The second-order valence-electron chi connectivity index (χ2n) is 5.20. The molecule has 0 spiro atoms. The number of benzene rings is 2. The minimum absolute atomic E-state index is 0.218. The highest BCUT2D eigenvalue weighted by atomic mass is 19.1. The zero-order chi connectivity index (χ0) is 15.8. The monoisotopic (exact) mass is 300 g/mol. The van der Waals surface area contributed by atoms with E-state index >= 15 is 0 Å². The van der Waals surface area contributed by atoms with E-state index in [9.17, 15) is 9.18 Å². The molecular formula is C18H21FN2O. The van der Waals surface area contributed by atoms with Crippen molar-refractivity contribution in [2.75, 3.05) is 13.1 Å². The summed E-state index contributed by atoms with van der Waals surface area (Å²) >= 11 is 0. The van der Waals surface area contributed by atoms with Gasteiger partial charge in [0.05, 0.1) is 0 Å². The molecule has 116 valence electrons. The van der Waals surface area contributed by atoms with Crippen molar-refractivity contribution in [3.05, 3.63) is 71.0 Å². The first-order valence-electron chi connectivity index (χ1n) is 7.46. The molecule has 0 fully saturated rings. The maximum Gasteiger partial charge on any atom is 0.314 e. The topological polar surface area (TPSA) is 41.1 Å². The van der Waals surface area contributed by atoms with Gasteiger partial charge in [0.25, 0.3) is 0 Å². The minimum atomic E-state index is -0.232. The molecule has 0 atom stereocenters. The van der Waals surface area contributed by atoms with Crippen LogP contribution in [0.3, 0.4) is 0 Å². The molecule has 22 heavy (non-hydrogen) atoms. The molecule has 2 rings (SSSR count). The molecule has 2 N–H and O–H groups in total. The number of hydrogen-bond donors (Lipinski definition) is 2. The van der Waals surface area contributed by atoms with Crippen LogP contribution in [0.1, 0.15) is 16.7 Å². The average molecular weight is 300 g/mol. The Bertz CT molecular complexity index is 574. The number of aryl methyl sites for hydroxylation is 1. The van der Waals surface area contributed by atoms with Crippen molar-refractivity contribution in [1.29, 1.82) is 0 Å². The van der Waals surface area contributed by atoms with Gasteiger partial charge in [0.15, 0.2) is 0 Å². The van der Waals surface area contributed by atoms with Crippen molar-refractivity contribution < 1.29 is 9.18 Å². The second-order valence-corrected chi connectivity index (χ2v) is 5.20. The lowest BCUT2D eigenvalue weighted by Gasteiger charge is -2.09. The first-order valence-corrected chi connectivity index (χ1v) is 7.46. The quantitative estimate of drug-likeness (QED) is 0.845. The summed E-state index contributed by atoms with van der Waals surface area (Å²) in [6.07, 6.45) is 1.28. The minimum Gasteiger partial charge on any atom is -0.338 e. The standard InChI is InChI=1S/C18H21FN2O/c1-14-6-2-3-7-15(14)10-12-20-18(22)21-13-11-16-8-4-5-9-17(16)19/h2-9H,10-13H2,1H3,(H2,20,21,22). The van der Waals surface area contributed by atoms with Crippen molar-refractivity contribution in [2.24, 2.45) is 0 Å². The van der Waals surface area contributed by atoms with Gasteiger partial charge in [0.1, 0.15) is 5.82 Å². The lowest BCUT2D eigenvalue weighted by atomic mass is 10.1. The summed E-state index contributed by atoms with van der Waals surface area (Å²) in [5.74, 6) is -0.232. The van der Waals surface area contributed by atoms with Gasteiger partial charge in [-0.15, -0.1) is 0 Å². The highest BCUT2D eigenvalue weighted by Crippen LogP contribution is 2.07. The SMILES string of the molecule is Cc1ccccc1CCNC(=O)NCCc1ccccc1F. The van der Waals surface area contributed by atoms with Gasteiger partial charge in [0, 0.05) is 13.1 Å². The normalized spacial score (nSPS) is 10.3. The number of halogens is 1. The van der Waals surface area contributed by atoms with Crippen LogP contribution in [0.4, 0.5) is 9.18 Å². The first kappa shape index (κ1) is 16.0. The van der Waals surface area contributed by atoms with E-state index in [4.69, 9.17) is 0 Å². The molecule has 4 heteroatoms. The summed E-state index contributed by atoms with van der Waals surface area (Å²) in [6.45, 7) is 3.05. The summed E-state index contributed by atoms with van der Waals surface area (Å²) in [4.78, 5) is 11.7. The highest BCUT2D eigenvalue weighted by Gasteiger charge is 2.03. The van der Waals surface area contributed by atoms with Crippen molar-refractivity contribution >= 4 is 6.03 Å². The van der Waals surface area contributed by atoms with E-state index in [0.29, 0.717) is 25.1 Å². The van der Waals surface area contributed by atoms with Gasteiger partial charge in [-0.2, -0.15) is 0 Å². The van der Waals surface area contributed by atoms with E-state index in [2.05, 4.69) is 29.7 Å². The number of rotatable bonds is 6. The molecule has 0 unspecified atom stereocenters. The largest absolute Gasteiger partial charge is 0.338 e. The molecule has 0 saturated heterocycles. The van der Waals surface area contributed by atoms with Crippen molar-refractivity contribution in [3.63, 3.8) is 0 Å². The van der Waals surface area contributed by atoms with Gasteiger partial charge in [-0.05, 0) is 42.5 Å². The van der Waals surface area contributed by atoms with Crippen LogP contribution >= 0.6 is 0 Å². The predicted octanol–water partition coefficient (Wildman–Crippen LogP) is 3.22. The number of nitrogens with one attached hydrogen (secondary N) is 2. The third-order valence-corrected chi connectivity index (χ3v) is 3.58. The Morgan fingerprint density at radius 3 is 2.09 bits per heavy atom. The molecule has 2 aromatic carbocycles. The molecule has 3 nitrogen and oxygen atoms in total. The van der Waals surface area contributed by atoms with Crippen molar-refractivity contribution in [1.82, 2.24) is 10.6 Å². The lowest BCUT2D eigenvalue weighted by molar-refractivity contribution is 0.241. The fraction of sp³-hybridized carbons (Fsp3) is 0.278. The molecule has 0 aromatic heterocycles. The third-order valence-electron chi connectivity index (χ3n) is 3.58. The van der Waals surface area contributed by atoms with E-state index in [1.807, 2.05) is 12.1 Å². The van der Waals surface area contributed by atoms with E-state index in [0.717, 1.165) is 6.42 Å². The van der Waals surface area contributed by atoms with E-state index in [1.165, 1.54) is 17.2 Å². The maximum absolute atomic E-state index is 13.4.